The molecule has 5 heteroatoms. The highest BCUT2D eigenvalue weighted by Crippen LogP contribution is 2.22. The third-order valence-electron chi connectivity index (χ3n) is 2.16. The molecule has 74 valence electrons. The normalized spacial score (nSPS) is 33.8. The number of hydrogen-bond donors (Lipinski definition) is 0. The molecule has 1 heterocycles. The predicted molar refractivity (Wildman–Crippen MR) is 48.1 cm³/mol. The van der Waals surface area contributed by atoms with Gasteiger partial charge < -0.3 is 9.47 Å². The van der Waals surface area contributed by atoms with E-state index in [2.05, 4.69) is 10.0 Å². The van der Waals surface area contributed by atoms with Crippen LogP contribution in [0, 0.1) is 0 Å². The Hall–Kier alpha value is -0.770. The average Bonchev–Trinajstić information content (AvgIpc) is 2.10. The van der Waals surface area contributed by atoms with Crippen LogP contribution in [-0.2, 0) is 9.47 Å². The summed E-state index contributed by atoms with van der Waals surface area (Å²) in [6, 6.07) is -0.0401. The molecule has 0 saturated carbocycles. The van der Waals surface area contributed by atoms with E-state index in [-0.39, 0.29) is 18.4 Å². The summed E-state index contributed by atoms with van der Waals surface area (Å²) >= 11 is 0. The Kier molecular flexibility index (Phi) is 4.02. The van der Waals surface area contributed by atoms with Crippen LogP contribution in [0.4, 0.5) is 0 Å². The fraction of sp³-hybridized carbons (Fsp3) is 1.00. The third-order valence-corrected chi connectivity index (χ3v) is 2.16. The topological polar surface area (TPSA) is 67.2 Å². The molecule has 1 aliphatic heterocycles. The fourth-order valence-corrected chi connectivity index (χ4v) is 1.47. The molecule has 0 radical (unpaired) electrons. The van der Waals surface area contributed by atoms with E-state index in [1.807, 2.05) is 13.8 Å². The van der Waals surface area contributed by atoms with Gasteiger partial charge in [0.05, 0.1) is 12.1 Å². The van der Waals surface area contributed by atoms with Gasteiger partial charge in [-0.15, -0.1) is 0 Å². The smallest absolute Gasteiger partial charge is 0.157 e. The summed E-state index contributed by atoms with van der Waals surface area (Å²) in [5.41, 5.74) is 8.28. The number of nitrogens with zero attached hydrogens (tertiary/aromatic N) is 3. The first-order valence-electron chi connectivity index (χ1n) is 4.59. The number of hydrogen-bond acceptors (Lipinski definition) is 3. The first-order valence-corrected chi connectivity index (χ1v) is 4.59. The summed E-state index contributed by atoms with van der Waals surface area (Å²) in [6.07, 6.45) is 1.49. The summed E-state index contributed by atoms with van der Waals surface area (Å²) in [5, 5.41) is 3.66. The molecule has 0 unspecified atom stereocenters. The zero-order valence-corrected chi connectivity index (χ0v) is 8.01. The highest BCUT2D eigenvalue weighted by atomic mass is 16.7. The van der Waals surface area contributed by atoms with Gasteiger partial charge in [0.25, 0.3) is 0 Å². The van der Waals surface area contributed by atoms with Crippen molar-refractivity contribution in [3.63, 3.8) is 0 Å². The standard InChI is InChI=1S/C8H15N3O2/c1-3-12-8-5-4-7(10-11-9)6(2)13-8/h6-8H,3-5H2,1-2H3/t6-,7+,8+/m1/s1. The Morgan fingerprint density at radius 1 is 1.62 bits per heavy atom. The van der Waals surface area contributed by atoms with E-state index in [1.54, 1.807) is 0 Å². The van der Waals surface area contributed by atoms with Crippen molar-refractivity contribution in [1.29, 1.82) is 0 Å². The van der Waals surface area contributed by atoms with E-state index < -0.39 is 0 Å². The average molecular weight is 185 g/mol. The quantitative estimate of drug-likeness (QED) is 0.384. The van der Waals surface area contributed by atoms with Crippen molar-refractivity contribution >= 4 is 0 Å². The molecular formula is C8H15N3O2. The summed E-state index contributed by atoms with van der Waals surface area (Å²) in [7, 11) is 0. The van der Waals surface area contributed by atoms with Crippen molar-refractivity contribution < 1.29 is 9.47 Å². The lowest BCUT2D eigenvalue weighted by Gasteiger charge is -2.31. The summed E-state index contributed by atoms with van der Waals surface area (Å²) in [5.74, 6) is 0. The summed E-state index contributed by atoms with van der Waals surface area (Å²) in [4.78, 5) is 2.78. The monoisotopic (exact) mass is 185 g/mol. The predicted octanol–water partition coefficient (Wildman–Crippen LogP) is 2.23. The number of ether oxygens (including phenoxy) is 2. The maximum Gasteiger partial charge on any atom is 0.157 e. The second-order valence-electron chi connectivity index (χ2n) is 3.08. The lowest BCUT2D eigenvalue weighted by Crippen LogP contribution is -2.36. The Balaban J connectivity index is 2.41. The van der Waals surface area contributed by atoms with Gasteiger partial charge in [-0.1, -0.05) is 5.11 Å². The molecule has 0 bridgehead atoms. The summed E-state index contributed by atoms with van der Waals surface area (Å²) < 4.78 is 10.8. The first-order chi connectivity index (χ1) is 6.27. The molecule has 0 aromatic carbocycles. The van der Waals surface area contributed by atoms with E-state index in [9.17, 15) is 0 Å². The molecule has 1 aliphatic rings. The van der Waals surface area contributed by atoms with E-state index in [1.165, 1.54) is 0 Å². The SMILES string of the molecule is CCO[C@@H]1CC[C@H](N=[N+]=[N-])[C@@H](C)O1. The van der Waals surface area contributed by atoms with Gasteiger partial charge >= 0.3 is 0 Å². The van der Waals surface area contributed by atoms with Gasteiger partial charge in [-0.05, 0) is 32.2 Å². The second-order valence-corrected chi connectivity index (χ2v) is 3.08. The van der Waals surface area contributed by atoms with Crippen molar-refractivity contribution in [1.82, 2.24) is 0 Å². The zero-order chi connectivity index (χ0) is 9.68. The van der Waals surface area contributed by atoms with Gasteiger partial charge in [-0.3, -0.25) is 0 Å². The molecule has 0 aliphatic carbocycles. The minimum atomic E-state index is -0.120. The van der Waals surface area contributed by atoms with E-state index in [4.69, 9.17) is 15.0 Å². The van der Waals surface area contributed by atoms with Crippen LogP contribution in [0.2, 0.25) is 0 Å². The minimum Gasteiger partial charge on any atom is -0.353 e. The summed E-state index contributed by atoms with van der Waals surface area (Å²) in [6.45, 7) is 4.50. The lowest BCUT2D eigenvalue weighted by atomic mass is 10.0. The molecule has 3 atom stereocenters. The molecule has 0 amide bonds. The molecule has 1 rings (SSSR count). The first kappa shape index (κ1) is 10.3. The molecule has 1 fully saturated rings. The van der Waals surface area contributed by atoms with Crippen molar-refractivity contribution in [2.24, 2.45) is 5.11 Å². The zero-order valence-electron chi connectivity index (χ0n) is 8.01. The maximum absolute atomic E-state index is 8.28. The molecular weight excluding hydrogens is 170 g/mol. The van der Waals surface area contributed by atoms with Crippen LogP contribution in [0.1, 0.15) is 26.7 Å². The Labute approximate surface area is 77.6 Å². The van der Waals surface area contributed by atoms with Crippen molar-refractivity contribution in [2.45, 2.75) is 45.1 Å². The van der Waals surface area contributed by atoms with Crippen LogP contribution >= 0.6 is 0 Å². The molecule has 0 aromatic heterocycles. The molecule has 0 aromatic rings. The van der Waals surface area contributed by atoms with Crippen LogP contribution in [-0.4, -0.2) is 25.0 Å². The van der Waals surface area contributed by atoms with E-state index >= 15 is 0 Å². The van der Waals surface area contributed by atoms with Gasteiger partial charge in [0.2, 0.25) is 0 Å². The van der Waals surface area contributed by atoms with Crippen LogP contribution < -0.4 is 0 Å². The fourth-order valence-electron chi connectivity index (χ4n) is 1.47. The number of rotatable bonds is 3. The van der Waals surface area contributed by atoms with Crippen molar-refractivity contribution in [3.8, 4) is 0 Å². The molecule has 0 N–H and O–H groups in total. The molecule has 1 saturated heterocycles. The van der Waals surface area contributed by atoms with Crippen LogP contribution in [0.25, 0.3) is 10.4 Å². The van der Waals surface area contributed by atoms with Crippen molar-refractivity contribution in [3.05, 3.63) is 10.4 Å². The molecule has 13 heavy (non-hydrogen) atoms. The lowest BCUT2D eigenvalue weighted by molar-refractivity contribution is -0.191. The van der Waals surface area contributed by atoms with Crippen LogP contribution in [0.5, 0.6) is 0 Å². The van der Waals surface area contributed by atoms with Gasteiger partial charge in [0, 0.05) is 11.5 Å². The third kappa shape index (κ3) is 2.88. The molecule has 5 nitrogen and oxygen atoms in total. The minimum absolute atomic E-state index is 0.0401. The Morgan fingerprint density at radius 2 is 2.38 bits per heavy atom. The van der Waals surface area contributed by atoms with Crippen LogP contribution in [0.15, 0.2) is 5.11 Å². The van der Waals surface area contributed by atoms with Gasteiger partial charge in [-0.25, -0.2) is 0 Å². The van der Waals surface area contributed by atoms with E-state index in [0.29, 0.717) is 6.61 Å². The number of azide groups is 1. The molecule has 0 spiro atoms. The maximum atomic E-state index is 8.28. The van der Waals surface area contributed by atoms with Crippen LogP contribution in [0.3, 0.4) is 0 Å². The van der Waals surface area contributed by atoms with Crippen molar-refractivity contribution in [2.75, 3.05) is 6.61 Å². The van der Waals surface area contributed by atoms with Gasteiger partial charge in [0.1, 0.15) is 0 Å². The largest absolute Gasteiger partial charge is 0.353 e. The Morgan fingerprint density at radius 3 is 2.92 bits per heavy atom. The van der Waals surface area contributed by atoms with Gasteiger partial charge in [0.15, 0.2) is 6.29 Å². The van der Waals surface area contributed by atoms with E-state index in [0.717, 1.165) is 12.8 Å². The Bertz CT molecular complexity index is 204. The highest BCUT2D eigenvalue weighted by molar-refractivity contribution is 4.79. The van der Waals surface area contributed by atoms with Gasteiger partial charge in [-0.2, -0.15) is 0 Å². The second kappa shape index (κ2) is 5.07. The highest BCUT2D eigenvalue weighted by Gasteiger charge is 2.27.